The molecule has 0 fully saturated rings. The van der Waals surface area contributed by atoms with Crippen LogP contribution in [0.25, 0.3) is 0 Å². The van der Waals surface area contributed by atoms with Crippen molar-refractivity contribution < 1.29 is 59.0 Å². The van der Waals surface area contributed by atoms with Crippen LogP contribution in [0.1, 0.15) is 0 Å². The van der Waals surface area contributed by atoms with Gasteiger partial charge < -0.3 is 51.1 Å². The standard InChI is InChI=1S/C2H7NO.CH3.6H2O.Pt/c3-1-2-4;;;;;;;;/h4H,1-3H2;1H3;6*1H2;/q;-1;;;;;;;. The maximum absolute atomic E-state index is 7.75. The predicted molar refractivity (Wildman–Crippen MR) is 44.2 cm³/mol. The molecular weight excluding hydrogens is 357 g/mol. The fourth-order valence-corrected chi connectivity index (χ4v) is 0. The van der Waals surface area contributed by atoms with E-state index in [9.17, 15) is 0 Å². The third-order valence-corrected chi connectivity index (χ3v) is 0.129. The van der Waals surface area contributed by atoms with Crippen molar-refractivity contribution >= 4 is 0 Å². The summed E-state index contributed by atoms with van der Waals surface area (Å²) in [6.45, 7) is 0.472. The Labute approximate surface area is 85.9 Å². The van der Waals surface area contributed by atoms with E-state index >= 15 is 0 Å². The van der Waals surface area contributed by atoms with Gasteiger partial charge in [0.05, 0.1) is 6.61 Å². The molecule has 0 saturated heterocycles. The van der Waals surface area contributed by atoms with Crippen LogP contribution in [0.3, 0.4) is 0 Å². The van der Waals surface area contributed by atoms with Gasteiger partial charge >= 0.3 is 0 Å². The topological polar surface area (TPSA) is 235 Å². The Morgan fingerprint density at radius 2 is 0.917 bits per heavy atom. The summed E-state index contributed by atoms with van der Waals surface area (Å²) in [5.41, 5.74) is 4.78. The van der Waals surface area contributed by atoms with Crippen molar-refractivity contribution in [3.8, 4) is 0 Å². The molecule has 0 amide bonds. The van der Waals surface area contributed by atoms with E-state index < -0.39 is 0 Å². The minimum atomic E-state index is 0. The van der Waals surface area contributed by atoms with Crippen LogP contribution in [0, 0.1) is 7.43 Å². The first kappa shape index (κ1) is 141. The molecule has 0 aliphatic heterocycles. The Balaban J connectivity index is -0.00000000161. The number of aliphatic hydroxyl groups is 1. The molecular formula is C3H22NO7Pt-. The Hall–Kier alpha value is 0.368. The van der Waals surface area contributed by atoms with Crippen molar-refractivity contribution in [1.29, 1.82) is 0 Å². The number of nitrogens with two attached hydrogens (primary N) is 1. The van der Waals surface area contributed by atoms with E-state index in [0.29, 0.717) is 6.54 Å². The number of hydrogen-bond donors (Lipinski definition) is 2. The largest absolute Gasteiger partial charge is 0.412 e. The molecule has 0 atom stereocenters. The summed E-state index contributed by atoms with van der Waals surface area (Å²) in [7, 11) is 0. The number of hydrogen-bond acceptors (Lipinski definition) is 2. The van der Waals surface area contributed by atoms with Gasteiger partial charge in [-0.2, -0.15) is 0 Å². The summed E-state index contributed by atoms with van der Waals surface area (Å²) in [6.07, 6.45) is 0. The first-order valence-corrected chi connectivity index (χ1v) is 1.22. The molecule has 9 heteroatoms. The minimum absolute atomic E-state index is 0. The zero-order valence-electron chi connectivity index (χ0n) is 6.76. The zero-order chi connectivity index (χ0) is 3.41. The molecule has 0 bridgehead atoms. The molecule has 0 aliphatic rings. The third-order valence-electron chi connectivity index (χ3n) is 0.129. The maximum atomic E-state index is 7.75. The molecule has 0 aromatic carbocycles. The van der Waals surface area contributed by atoms with E-state index in [1.165, 1.54) is 0 Å². The van der Waals surface area contributed by atoms with E-state index in [2.05, 4.69) is 0 Å². The van der Waals surface area contributed by atoms with Gasteiger partial charge in [-0.1, -0.05) is 0 Å². The SMILES string of the molecule is NCCO.O.O.O.O.O.O.[CH3-].[Pt]. The van der Waals surface area contributed by atoms with Gasteiger partial charge in [-0.15, -0.1) is 0 Å². The van der Waals surface area contributed by atoms with Gasteiger partial charge in [0, 0.05) is 27.6 Å². The van der Waals surface area contributed by atoms with Crippen LogP contribution in [0.15, 0.2) is 0 Å². The van der Waals surface area contributed by atoms with Crippen LogP contribution in [0.4, 0.5) is 0 Å². The van der Waals surface area contributed by atoms with E-state index in [1.54, 1.807) is 0 Å². The van der Waals surface area contributed by atoms with Crippen LogP contribution in [-0.4, -0.2) is 51.1 Å². The monoisotopic (exact) mass is 379 g/mol. The van der Waals surface area contributed by atoms with Crippen molar-refractivity contribution in [3.63, 3.8) is 0 Å². The smallest absolute Gasteiger partial charge is 0.0553 e. The van der Waals surface area contributed by atoms with Crippen molar-refractivity contribution in [2.45, 2.75) is 0 Å². The minimum Gasteiger partial charge on any atom is -0.412 e. The molecule has 12 heavy (non-hydrogen) atoms. The van der Waals surface area contributed by atoms with Crippen molar-refractivity contribution in [2.75, 3.05) is 13.2 Å². The first-order chi connectivity index (χ1) is 1.91. The van der Waals surface area contributed by atoms with Crippen LogP contribution in [-0.2, 0) is 21.1 Å². The van der Waals surface area contributed by atoms with Gasteiger partial charge in [0.1, 0.15) is 0 Å². The number of aliphatic hydroxyl groups excluding tert-OH is 1. The van der Waals surface area contributed by atoms with Crippen LogP contribution in [0.5, 0.6) is 0 Å². The summed E-state index contributed by atoms with van der Waals surface area (Å²) >= 11 is 0. The summed E-state index contributed by atoms with van der Waals surface area (Å²) in [5.74, 6) is 0. The molecule has 8 nitrogen and oxygen atoms in total. The summed E-state index contributed by atoms with van der Waals surface area (Å²) < 4.78 is 0. The third kappa shape index (κ3) is 486. The molecule has 0 aromatic heterocycles. The Morgan fingerprint density at radius 3 is 0.917 bits per heavy atom. The predicted octanol–water partition coefficient (Wildman–Crippen LogP) is -5.56. The molecule has 92 valence electrons. The molecule has 15 N–H and O–H groups in total. The second-order valence-electron chi connectivity index (χ2n) is 0.512. The molecule has 0 spiro atoms. The van der Waals surface area contributed by atoms with Crippen molar-refractivity contribution in [2.24, 2.45) is 5.73 Å². The molecule has 0 saturated carbocycles. The van der Waals surface area contributed by atoms with E-state index in [-0.39, 0.29) is 68.0 Å². The van der Waals surface area contributed by atoms with E-state index in [4.69, 9.17) is 10.8 Å². The van der Waals surface area contributed by atoms with Crippen molar-refractivity contribution in [1.82, 2.24) is 0 Å². The molecule has 0 radical (unpaired) electrons. The molecule has 0 heterocycles. The van der Waals surface area contributed by atoms with Crippen molar-refractivity contribution in [3.05, 3.63) is 7.43 Å². The van der Waals surface area contributed by atoms with E-state index in [0.717, 1.165) is 0 Å². The molecule has 0 aliphatic carbocycles. The fraction of sp³-hybridized carbons (Fsp3) is 0.667. The average molecular weight is 379 g/mol. The van der Waals surface area contributed by atoms with Gasteiger partial charge in [-0.3, -0.25) is 0 Å². The van der Waals surface area contributed by atoms with Gasteiger partial charge in [0.25, 0.3) is 0 Å². The first-order valence-electron chi connectivity index (χ1n) is 1.22. The quantitative estimate of drug-likeness (QED) is 0.424. The average Bonchev–Trinajstić information content (AvgIpc) is 1.37. The Bertz CT molecular complexity index is 20.6. The Morgan fingerprint density at radius 1 is 0.833 bits per heavy atom. The molecule has 0 unspecified atom stereocenters. The zero-order valence-corrected chi connectivity index (χ0v) is 9.03. The van der Waals surface area contributed by atoms with Crippen LogP contribution >= 0.6 is 0 Å². The Kier molecular flexibility index (Phi) is 2560. The van der Waals surface area contributed by atoms with Crippen LogP contribution in [0.2, 0.25) is 0 Å². The summed E-state index contributed by atoms with van der Waals surface area (Å²) in [4.78, 5) is 0. The number of rotatable bonds is 1. The normalized spacial score (nSPS) is 2.50. The maximum Gasteiger partial charge on any atom is 0.0553 e. The second kappa shape index (κ2) is 218. The van der Waals surface area contributed by atoms with Gasteiger partial charge in [0.2, 0.25) is 0 Å². The molecule has 0 aromatic rings. The summed E-state index contributed by atoms with van der Waals surface area (Å²) in [6, 6.07) is 0. The molecule has 0 rings (SSSR count). The van der Waals surface area contributed by atoms with Gasteiger partial charge in [-0.25, -0.2) is 0 Å². The van der Waals surface area contributed by atoms with Crippen LogP contribution < -0.4 is 5.73 Å². The fourth-order valence-electron chi connectivity index (χ4n) is 0. The summed E-state index contributed by atoms with van der Waals surface area (Å²) in [5, 5.41) is 7.75. The van der Waals surface area contributed by atoms with Gasteiger partial charge in [0.15, 0.2) is 0 Å². The second-order valence-corrected chi connectivity index (χ2v) is 0.512. The van der Waals surface area contributed by atoms with E-state index in [1.807, 2.05) is 0 Å². The van der Waals surface area contributed by atoms with Gasteiger partial charge in [-0.05, 0) is 0 Å².